The van der Waals surface area contributed by atoms with Crippen LogP contribution in [0.25, 0.3) is 17.1 Å². The second-order valence-electron chi connectivity index (χ2n) is 11.5. The van der Waals surface area contributed by atoms with Crippen molar-refractivity contribution in [3.8, 4) is 0 Å². The average Bonchev–Trinajstić information content (AvgIpc) is 3.81. The van der Waals surface area contributed by atoms with Gasteiger partial charge in [-0.1, -0.05) is 18.6 Å². The van der Waals surface area contributed by atoms with Crippen LogP contribution in [0.1, 0.15) is 51.7 Å². The van der Waals surface area contributed by atoms with Crippen molar-refractivity contribution in [3.63, 3.8) is 0 Å². The minimum absolute atomic E-state index is 0.0576. The van der Waals surface area contributed by atoms with Gasteiger partial charge in [-0.3, -0.25) is 19.3 Å². The summed E-state index contributed by atoms with van der Waals surface area (Å²) in [5, 5.41) is 10.6. The smallest absolute Gasteiger partial charge is 0.315 e. The Hall–Kier alpha value is -3.36. The Labute approximate surface area is 274 Å². The number of carbonyl (C=O) groups is 4. The van der Waals surface area contributed by atoms with Gasteiger partial charge < -0.3 is 24.9 Å². The van der Waals surface area contributed by atoms with E-state index >= 15 is 0 Å². The number of hydrogen-bond acceptors (Lipinski definition) is 9. The number of furan rings is 1. The molecule has 0 aliphatic carbocycles. The van der Waals surface area contributed by atoms with Crippen molar-refractivity contribution in [1.82, 2.24) is 30.4 Å². The van der Waals surface area contributed by atoms with Gasteiger partial charge in [0.1, 0.15) is 5.76 Å². The van der Waals surface area contributed by atoms with Crippen molar-refractivity contribution >= 4 is 75.5 Å². The number of fused-ring (bicyclic) bond motifs is 2. The van der Waals surface area contributed by atoms with Gasteiger partial charge in [0, 0.05) is 42.6 Å². The molecule has 3 fully saturated rings. The summed E-state index contributed by atoms with van der Waals surface area (Å²) in [5.74, 6) is 1.19. The van der Waals surface area contributed by atoms with Crippen LogP contribution in [0.15, 0.2) is 56.0 Å². The third kappa shape index (κ3) is 7.23. The van der Waals surface area contributed by atoms with E-state index in [9.17, 15) is 19.2 Å². The molecule has 1 aromatic carbocycles. The van der Waals surface area contributed by atoms with Gasteiger partial charge in [-0.15, -0.1) is 0 Å². The number of unbranched alkanes of at least 4 members (excludes halogenated alkanes) is 1. The topological polar surface area (TPSA) is 139 Å². The number of rotatable bonds is 13. The first-order valence-corrected chi connectivity index (χ1v) is 17.9. The second-order valence-corrected chi connectivity index (χ2v) is 14.7. The first-order chi connectivity index (χ1) is 21.8. The Morgan fingerprint density at radius 2 is 2.00 bits per heavy atom. The highest BCUT2D eigenvalue weighted by Crippen LogP contribution is 2.36. The van der Waals surface area contributed by atoms with Crippen LogP contribution in [-0.2, 0) is 16.1 Å². The molecule has 14 heteroatoms. The molecule has 238 valence electrons. The lowest BCUT2D eigenvalue weighted by atomic mass is 10.0. The second kappa shape index (κ2) is 14.0. The van der Waals surface area contributed by atoms with Gasteiger partial charge in [0.2, 0.25) is 5.91 Å². The molecule has 3 atom stereocenters. The third-order valence-corrected chi connectivity index (χ3v) is 11.3. The fraction of sp³-hybridized carbons (Fsp3) is 0.452. The number of benzene rings is 1. The number of urea groups is 1. The summed E-state index contributed by atoms with van der Waals surface area (Å²) in [5.41, 5.74) is 1.87. The van der Waals surface area contributed by atoms with E-state index < -0.39 is 0 Å². The average molecular weight is 669 g/mol. The summed E-state index contributed by atoms with van der Waals surface area (Å²) < 4.78 is 8.13. The molecule has 3 aliphatic rings. The van der Waals surface area contributed by atoms with Crippen LogP contribution in [0.5, 0.6) is 0 Å². The van der Waals surface area contributed by atoms with Crippen molar-refractivity contribution in [2.24, 2.45) is 0 Å². The van der Waals surface area contributed by atoms with Crippen molar-refractivity contribution in [2.45, 2.75) is 86.1 Å². The molecular formula is C31H36N6O5S3. The van der Waals surface area contributed by atoms with Crippen molar-refractivity contribution < 1.29 is 23.6 Å². The molecular weight excluding hydrogens is 633 g/mol. The number of aromatic nitrogens is 2. The third-order valence-electron chi connectivity index (χ3n) is 7.99. The minimum atomic E-state index is -0.307. The van der Waals surface area contributed by atoms with Crippen LogP contribution < -0.4 is 16.0 Å². The molecule has 5 amide bonds. The zero-order chi connectivity index (χ0) is 31.5. The zero-order valence-corrected chi connectivity index (χ0v) is 27.6. The number of carbonyl (C=O) groups excluding carboxylic acids is 4. The molecule has 0 unspecified atom stereocenters. The monoisotopic (exact) mass is 668 g/mol. The Morgan fingerprint density at radius 3 is 2.82 bits per heavy atom. The molecule has 45 heavy (non-hydrogen) atoms. The van der Waals surface area contributed by atoms with Gasteiger partial charge in [-0.2, -0.15) is 11.8 Å². The van der Waals surface area contributed by atoms with Gasteiger partial charge in [0.15, 0.2) is 10.2 Å². The molecule has 3 aromatic rings. The number of aryl methyl sites for hydroxylation is 1. The predicted octanol–water partition coefficient (Wildman–Crippen LogP) is 5.46. The van der Waals surface area contributed by atoms with Gasteiger partial charge in [0.25, 0.3) is 11.1 Å². The summed E-state index contributed by atoms with van der Waals surface area (Å²) in [4.78, 5) is 55.3. The van der Waals surface area contributed by atoms with Crippen molar-refractivity contribution in [1.29, 1.82) is 0 Å². The number of imidazole rings is 1. The normalized spacial score (nSPS) is 22.1. The maximum Gasteiger partial charge on any atom is 0.315 e. The molecule has 2 aromatic heterocycles. The van der Waals surface area contributed by atoms with Crippen molar-refractivity contribution in [2.75, 3.05) is 12.3 Å². The molecule has 5 heterocycles. The minimum Gasteiger partial charge on any atom is -0.450 e. The first-order valence-electron chi connectivity index (χ1n) is 15.2. The lowest BCUT2D eigenvalue weighted by molar-refractivity contribution is -0.124. The highest BCUT2D eigenvalue weighted by Gasteiger charge is 2.42. The van der Waals surface area contributed by atoms with Gasteiger partial charge in [-0.05, 0) is 80.9 Å². The van der Waals surface area contributed by atoms with E-state index in [1.54, 1.807) is 12.1 Å². The van der Waals surface area contributed by atoms with E-state index in [0.29, 0.717) is 40.5 Å². The molecule has 3 N–H and O–H groups in total. The number of nitrogens with one attached hydrogen (secondary N) is 3. The van der Waals surface area contributed by atoms with E-state index in [1.165, 1.54) is 16.7 Å². The Balaban J connectivity index is 0.991. The van der Waals surface area contributed by atoms with E-state index in [0.717, 1.165) is 59.4 Å². The molecule has 11 nitrogen and oxygen atoms in total. The first kappa shape index (κ1) is 31.6. The molecule has 0 spiro atoms. The number of nitrogens with zero attached hydrogens (tertiary/aromatic N) is 3. The van der Waals surface area contributed by atoms with E-state index in [4.69, 9.17) is 9.40 Å². The van der Waals surface area contributed by atoms with Crippen LogP contribution in [0.4, 0.5) is 9.59 Å². The maximum absolute atomic E-state index is 12.6. The Bertz CT molecular complexity index is 1630. The summed E-state index contributed by atoms with van der Waals surface area (Å²) in [6.45, 7) is 4.85. The lowest BCUT2D eigenvalue weighted by Crippen LogP contribution is -2.36. The van der Waals surface area contributed by atoms with Crippen LogP contribution in [0, 0.1) is 0 Å². The summed E-state index contributed by atoms with van der Waals surface area (Å²) >= 11 is 4.21. The number of thioether (sulfide) groups is 2. The summed E-state index contributed by atoms with van der Waals surface area (Å²) in [6.07, 6.45) is 5.63. The van der Waals surface area contributed by atoms with Gasteiger partial charge in [0.05, 0.1) is 28.0 Å². The zero-order valence-electron chi connectivity index (χ0n) is 25.1. The maximum atomic E-state index is 12.6. The fourth-order valence-electron chi connectivity index (χ4n) is 5.79. The predicted molar refractivity (Wildman–Crippen MR) is 177 cm³/mol. The highest BCUT2D eigenvalue weighted by molar-refractivity contribution is 8.18. The summed E-state index contributed by atoms with van der Waals surface area (Å²) in [7, 11) is 0. The molecule has 3 saturated heterocycles. The Kier molecular flexibility index (Phi) is 9.81. The highest BCUT2D eigenvalue weighted by atomic mass is 32.2. The quantitative estimate of drug-likeness (QED) is 0.123. The van der Waals surface area contributed by atoms with E-state index in [1.807, 2.05) is 55.9 Å². The largest absolute Gasteiger partial charge is 0.450 e. The SMILES string of the molecule is CC(C)N1C(=O)S/C(=C\c2ccc(Sc3nc4ccccc4n3CCCNC(=O)CCCC[C@H]3SC[C@H]4NC(=O)N[C@H]43)o2)C1=O. The van der Waals surface area contributed by atoms with E-state index in [2.05, 4.69) is 20.5 Å². The van der Waals surface area contributed by atoms with Crippen LogP contribution in [0.3, 0.4) is 0 Å². The fourth-order valence-corrected chi connectivity index (χ4v) is 9.17. The van der Waals surface area contributed by atoms with Gasteiger partial charge in [-0.25, -0.2) is 9.78 Å². The summed E-state index contributed by atoms with van der Waals surface area (Å²) in [6, 6.07) is 11.7. The van der Waals surface area contributed by atoms with E-state index in [-0.39, 0.29) is 41.2 Å². The Morgan fingerprint density at radius 1 is 1.16 bits per heavy atom. The van der Waals surface area contributed by atoms with Crippen LogP contribution in [-0.4, -0.2) is 73.2 Å². The van der Waals surface area contributed by atoms with Gasteiger partial charge >= 0.3 is 6.03 Å². The molecule has 0 saturated carbocycles. The van der Waals surface area contributed by atoms with Crippen LogP contribution in [0.2, 0.25) is 0 Å². The molecule has 6 rings (SSSR count). The molecule has 0 radical (unpaired) electrons. The lowest BCUT2D eigenvalue weighted by Gasteiger charge is -2.16. The number of imide groups is 1. The van der Waals surface area contributed by atoms with Crippen molar-refractivity contribution in [3.05, 3.63) is 47.1 Å². The number of para-hydroxylation sites is 2. The molecule has 3 aliphatic heterocycles. The number of hydrogen-bond donors (Lipinski definition) is 3. The molecule has 0 bridgehead atoms. The van der Waals surface area contributed by atoms with Crippen LogP contribution >= 0.6 is 35.3 Å². The standard InChI is InChI=1S/C31H36N6O5S3/c1-18(2)37-28(39)24(44-31(37)41)16-19-12-13-26(42-19)45-30-34-20-8-3-4-9-22(20)36(30)15-7-14-32-25(38)11-6-5-10-23-27-21(17-43-23)33-29(40)35-27/h3-4,8-9,12-13,16,18,21,23,27H,5-7,10-11,14-15,17H2,1-2H3,(H,32,38)(H2,33,35,40)/b24-16-/t21-,23-,27-/m1/s1. The number of amides is 5.